The Hall–Kier alpha value is -0.650. The van der Waals surface area contributed by atoms with Crippen molar-refractivity contribution in [1.29, 1.82) is 0 Å². The number of nitrogens with zero attached hydrogens (tertiary/aromatic N) is 1. The molecule has 0 aliphatic carbocycles. The summed E-state index contributed by atoms with van der Waals surface area (Å²) in [5.41, 5.74) is 5.76. The van der Waals surface area contributed by atoms with Gasteiger partial charge in [-0.15, -0.1) is 0 Å². The number of nitrogens with one attached hydrogen (secondary N) is 1. The molecule has 0 radical (unpaired) electrons. The first-order chi connectivity index (χ1) is 5.77. The number of nitrogens with two attached hydrogens (primary N) is 1. The number of ether oxygens (including phenoxy) is 1. The van der Waals surface area contributed by atoms with Crippen molar-refractivity contribution in [2.75, 3.05) is 19.7 Å². The second-order valence-electron chi connectivity index (χ2n) is 3.38. The molecular weight excluding hydrogens is 158 g/mol. The monoisotopic (exact) mass is 171 g/mol. The molecule has 3 unspecified atom stereocenters. The van der Waals surface area contributed by atoms with Crippen molar-refractivity contribution in [2.24, 2.45) is 5.73 Å². The number of hydrogen-bond acceptors (Lipinski definition) is 5. The molecule has 2 heterocycles. The van der Waals surface area contributed by atoms with Gasteiger partial charge < -0.3 is 10.5 Å². The maximum atomic E-state index is 9.83. The maximum Gasteiger partial charge on any atom is 0.293 e. The zero-order valence-electron chi connectivity index (χ0n) is 6.82. The third kappa shape index (κ3) is 1.20. The van der Waals surface area contributed by atoms with Crippen LogP contribution < -0.4 is 11.1 Å². The number of carbonyl (C=O) groups excluding carboxylic acids is 1. The van der Waals surface area contributed by atoms with Crippen LogP contribution in [0.1, 0.15) is 6.42 Å². The molecule has 0 aromatic rings. The summed E-state index contributed by atoms with van der Waals surface area (Å²) < 4.78 is 4.59. The summed E-state index contributed by atoms with van der Waals surface area (Å²) in [7, 11) is 0. The first-order valence-corrected chi connectivity index (χ1v) is 4.10. The van der Waals surface area contributed by atoms with Crippen molar-refractivity contribution in [3.05, 3.63) is 0 Å². The molecule has 2 aliphatic rings. The van der Waals surface area contributed by atoms with Crippen LogP contribution in [0.15, 0.2) is 0 Å². The van der Waals surface area contributed by atoms with Crippen molar-refractivity contribution in [2.45, 2.75) is 18.2 Å². The third-order valence-electron chi connectivity index (χ3n) is 2.51. The molecule has 2 aliphatic heterocycles. The van der Waals surface area contributed by atoms with Crippen molar-refractivity contribution in [3.63, 3.8) is 0 Å². The van der Waals surface area contributed by atoms with Crippen molar-refractivity contribution in [1.82, 2.24) is 10.2 Å². The summed E-state index contributed by atoms with van der Waals surface area (Å²) >= 11 is 0. The van der Waals surface area contributed by atoms with Crippen LogP contribution in [0.2, 0.25) is 0 Å². The van der Waals surface area contributed by atoms with E-state index in [0.717, 1.165) is 19.5 Å². The lowest BCUT2D eigenvalue weighted by molar-refractivity contribution is -0.128. The van der Waals surface area contributed by atoms with E-state index < -0.39 is 0 Å². The van der Waals surface area contributed by atoms with Gasteiger partial charge in [-0.2, -0.15) is 0 Å². The Bertz CT molecular complexity index is 191. The van der Waals surface area contributed by atoms with Crippen LogP contribution in [0.5, 0.6) is 0 Å². The lowest BCUT2D eigenvalue weighted by Crippen LogP contribution is -2.62. The molecule has 5 heteroatoms. The highest BCUT2D eigenvalue weighted by molar-refractivity contribution is 5.36. The Labute approximate surface area is 70.8 Å². The minimum Gasteiger partial charge on any atom is -0.467 e. The molecule has 2 rings (SSSR count). The molecule has 0 saturated carbocycles. The molecule has 3 atom stereocenters. The van der Waals surface area contributed by atoms with Crippen molar-refractivity contribution >= 4 is 6.47 Å². The summed E-state index contributed by atoms with van der Waals surface area (Å²) in [5.74, 6) is 0. The second kappa shape index (κ2) is 2.69. The van der Waals surface area contributed by atoms with Crippen LogP contribution in [0.3, 0.4) is 0 Å². The number of carbonyl (C=O) groups is 1. The van der Waals surface area contributed by atoms with Crippen LogP contribution in [-0.2, 0) is 9.53 Å². The highest BCUT2D eigenvalue weighted by atomic mass is 16.5. The summed E-state index contributed by atoms with van der Waals surface area (Å²) in [6, 6.07) is 0. The fourth-order valence-corrected chi connectivity index (χ4v) is 1.80. The normalized spacial score (nSPS) is 43.8. The highest BCUT2D eigenvalue weighted by Crippen LogP contribution is 2.39. The first kappa shape index (κ1) is 7.97. The molecule has 2 saturated heterocycles. The minimum atomic E-state index is 0.155. The van der Waals surface area contributed by atoms with Gasteiger partial charge in [0.2, 0.25) is 0 Å². The molecule has 12 heavy (non-hydrogen) atoms. The zero-order chi connectivity index (χ0) is 8.60. The average Bonchev–Trinajstić information content (AvgIpc) is 2.64. The average molecular weight is 171 g/mol. The van der Waals surface area contributed by atoms with Gasteiger partial charge in [-0.3, -0.25) is 15.0 Å². The largest absolute Gasteiger partial charge is 0.467 e. The Balaban J connectivity index is 1.64. The molecule has 1 spiro atoms. The standard InChI is InChI=1S/C7H13N3O2/c8-6-3-7(9-6)4-10(7)1-2-12-5-11/h5-6,9H,1-4,8H2. The lowest BCUT2D eigenvalue weighted by Gasteiger charge is -2.35. The van der Waals surface area contributed by atoms with E-state index in [4.69, 9.17) is 5.73 Å². The van der Waals surface area contributed by atoms with Gasteiger partial charge in [-0.05, 0) is 0 Å². The van der Waals surface area contributed by atoms with Gasteiger partial charge in [0.05, 0.1) is 11.8 Å². The molecule has 68 valence electrons. The van der Waals surface area contributed by atoms with E-state index in [1.54, 1.807) is 0 Å². The van der Waals surface area contributed by atoms with Crippen LogP contribution in [0.4, 0.5) is 0 Å². The summed E-state index contributed by atoms with van der Waals surface area (Å²) in [4.78, 5) is 12.0. The molecule has 0 amide bonds. The van der Waals surface area contributed by atoms with Crippen LogP contribution in [-0.4, -0.2) is 42.9 Å². The molecule has 0 bridgehead atoms. The topological polar surface area (TPSA) is 67.4 Å². The molecule has 0 aromatic heterocycles. The summed E-state index contributed by atoms with van der Waals surface area (Å²) in [5, 5.41) is 3.23. The van der Waals surface area contributed by atoms with Gasteiger partial charge in [0.1, 0.15) is 6.61 Å². The predicted molar refractivity (Wildman–Crippen MR) is 42.0 cm³/mol. The second-order valence-corrected chi connectivity index (χ2v) is 3.38. The van der Waals surface area contributed by atoms with E-state index in [9.17, 15) is 4.79 Å². The van der Waals surface area contributed by atoms with Gasteiger partial charge in [0.25, 0.3) is 6.47 Å². The zero-order valence-corrected chi connectivity index (χ0v) is 6.82. The molecule has 2 fully saturated rings. The van der Waals surface area contributed by atoms with Crippen LogP contribution >= 0.6 is 0 Å². The van der Waals surface area contributed by atoms with Gasteiger partial charge in [-0.1, -0.05) is 0 Å². The Morgan fingerprint density at radius 1 is 1.83 bits per heavy atom. The van der Waals surface area contributed by atoms with E-state index in [-0.39, 0.29) is 11.8 Å². The minimum absolute atomic E-state index is 0.155. The Kier molecular flexibility index (Phi) is 1.79. The van der Waals surface area contributed by atoms with E-state index in [1.165, 1.54) is 0 Å². The van der Waals surface area contributed by atoms with Crippen LogP contribution in [0.25, 0.3) is 0 Å². The van der Waals surface area contributed by atoms with Gasteiger partial charge in [-0.25, -0.2) is 0 Å². The summed E-state index contributed by atoms with van der Waals surface area (Å²) in [6.45, 7) is 2.79. The van der Waals surface area contributed by atoms with Gasteiger partial charge in [0, 0.05) is 19.5 Å². The van der Waals surface area contributed by atoms with E-state index in [0.29, 0.717) is 13.1 Å². The summed E-state index contributed by atoms with van der Waals surface area (Å²) in [6.07, 6.45) is 1.16. The predicted octanol–water partition coefficient (Wildman–Crippen LogP) is -1.55. The lowest BCUT2D eigenvalue weighted by atomic mass is 10.0. The Morgan fingerprint density at radius 2 is 2.58 bits per heavy atom. The molecular formula is C7H13N3O2. The van der Waals surface area contributed by atoms with Crippen LogP contribution in [0, 0.1) is 0 Å². The quantitative estimate of drug-likeness (QED) is 0.304. The number of hydrogen-bond donors (Lipinski definition) is 2. The fraction of sp³-hybridized carbons (Fsp3) is 0.857. The third-order valence-corrected chi connectivity index (χ3v) is 2.51. The van der Waals surface area contributed by atoms with E-state index in [1.807, 2.05) is 0 Å². The molecule has 5 nitrogen and oxygen atoms in total. The van der Waals surface area contributed by atoms with Gasteiger partial charge >= 0.3 is 0 Å². The van der Waals surface area contributed by atoms with Crippen molar-refractivity contribution < 1.29 is 9.53 Å². The maximum absolute atomic E-state index is 9.83. The molecule has 0 aromatic carbocycles. The first-order valence-electron chi connectivity index (χ1n) is 4.10. The van der Waals surface area contributed by atoms with E-state index in [2.05, 4.69) is 15.0 Å². The van der Waals surface area contributed by atoms with E-state index >= 15 is 0 Å². The SMILES string of the molecule is NC1CC2(CN2CCOC=O)N1. The Morgan fingerprint density at radius 3 is 3.17 bits per heavy atom. The molecule has 3 N–H and O–H groups in total. The highest BCUT2D eigenvalue weighted by Gasteiger charge is 2.58. The number of rotatable bonds is 4. The smallest absolute Gasteiger partial charge is 0.293 e. The fourth-order valence-electron chi connectivity index (χ4n) is 1.80. The van der Waals surface area contributed by atoms with Gasteiger partial charge in [0.15, 0.2) is 0 Å². The van der Waals surface area contributed by atoms with Crippen molar-refractivity contribution in [3.8, 4) is 0 Å².